The van der Waals surface area contributed by atoms with Gasteiger partial charge in [0.25, 0.3) is 5.91 Å². The van der Waals surface area contributed by atoms with Crippen LogP contribution in [-0.2, 0) is 4.79 Å². The number of anilines is 1. The Morgan fingerprint density at radius 1 is 1.06 bits per heavy atom. The lowest BCUT2D eigenvalue weighted by molar-refractivity contribution is -0.131. The molecule has 0 saturated carbocycles. The maximum Gasteiger partial charge on any atom is 0.257 e. The molecule has 1 aliphatic heterocycles. The summed E-state index contributed by atoms with van der Waals surface area (Å²) >= 11 is 0. The van der Waals surface area contributed by atoms with Crippen LogP contribution in [-0.4, -0.2) is 67.5 Å². The molecule has 1 aromatic carbocycles. The first-order valence-electron chi connectivity index (χ1n) is 11.1. The summed E-state index contributed by atoms with van der Waals surface area (Å²) in [5.74, 6) is 1.52. The molecule has 1 fully saturated rings. The third kappa shape index (κ3) is 5.60. The molecular formula is C24H33N3O4. The lowest BCUT2D eigenvalue weighted by atomic mass is 10.2. The fraction of sp³-hybridized carbons (Fsp3) is 0.500. The van der Waals surface area contributed by atoms with E-state index < -0.39 is 0 Å². The molecule has 0 atom stereocenters. The predicted octanol–water partition coefficient (Wildman–Crippen LogP) is 3.58. The molecule has 0 spiro atoms. The van der Waals surface area contributed by atoms with Gasteiger partial charge >= 0.3 is 0 Å². The van der Waals surface area contributed by atoms with Crippen LogP contribution >= 0.6 is 0 Å². The zero-order chi connectivity index (χ0) is 22.2. The second-order valence-electron chi connectivity index (χ2n) is 7.70. The van der Waals surface area contributed by atoms with E-state index in [-0.39, 0.29) is 11.8 Å². The van der Waals surface area contributed by atoms with Crippen molar-refractivity contribution < 1.29 is 18.7 Å². The average Bonchev–Trinajstić information content (AvgIpc) is 3.22. The van der Waals surface area contributed by atoms with E-state index >= 15 is 0 Å². The van der Waals surface area contributed by atoms with Crippen molar-refractivity contribution in [3.05, 3.63) is 47.9 Å². The van der Waals surface area contributed by atoms with Crippen molar-refractivity contribution in [3.8, 4) is 5.75 Å². The number of benzene rings is 1. The van der Waals surface area contributed by atoms with Gasteiger partial charge in [0.05, 0.1) is 24.1 Å². The Morgan fingerprint density at radius 2 is 1.81 bits per heavy atom. The number of hydrogen-bond donors (Lipinski definition) is 0. The Hall–Kier alpha value is -2.96. The van der Waals surface area contributed by atoms with Crippen LogP contribution in [0.4, 0.5) is 5.69 Å². The Balaban J connectivity index is 1.53. The molecule has 0 radical (unpaired) electrons. The highest BCUT2D eigenvalue weighted by Crippen LogP contribution is 2.28. The van der Waals surface area contributed by atoms with Crippen LogP contribution in [0.2, 0.25) is 0 Å². The second-order valence-corrected chi connectivity index (χ2v) is 7.70. The fourth-order valence-electron chi connectivity index (χ4n) is 3.94. The van der Waals surface area contributed by atoms with Gasteiger partial charge in [-0.05, 0) is 38.5 Å². The van der Waals surface area contributed by atoms with Gasteiger partial charge in [0.2, 0.25) is 5.91 Å². The lowest BCUT2D eigenvalue weighted by Gasteiger charge is -2.37. The van der Waals surface area contributed by atoms with E-state index in [1.165, 1.54) is 6.26 Å². The van der Waals surface area contributed by atoms with Crippen molar-refractivity contribution in [1.29, 1.82) is 0 Å². The highest BCUT2D eigenvalue weighted by atomic mass is 16.5. The summed E-state index contributed by atoms with van der Waals surface area (Å²) in [5.41, 5.74) is 1.65. The molecule has 7 nitrogen and oxygen atoms in total. The minimum Gasteiger partial charge on any atom is -0.492 e. The molecule has 0 N–H and O–H groups in total. The number of nitrogens with zero attached hydrogens (tertiary/aromatic N) is 3. The van der Waals surface area contributed by atoms with Crippen molar-refractivity contribution in [2.45, 2.75) is 33.6 Å². The number of hydrogen-bond acceptors (Lipinski definition) is 5. The summed E-state index contributed by atoms with van der Waals surface area (Å²) in [7, 11) is 0. The van der Waals surface area contributed by atoms with Gasteiger partial charge in [-0.3, -0.25) is 9.59 Å². The molecule has 168 valence electrons. The topological polar surface area (TPSA) is 66.2 Å². The number of carbonyl (C=O) groups excluding carboxylic acids is 2. The number of furan rings is 1. The van der Waals surface area contributed by atoms with Crippen molar-refractivity contribution in [3.63, 3.8) is 0 Å². The number of para-hydroxylation sites is 2. The molecule has 0 bridgehead atoms. The zero-order valence-corrected chi connectivity index (χ0v) is 18.8. The van der Waals surface area contributed by atoms with Gasteiger partial charge in [0.15, 0.2) is 0 Å². The predicted molar refractivity (Wildman–Crippen MR) is 121 cm³/mol. The quantitative estimate of drug-likeness (QED) is 0.612. The normalized spacial score (nSPS) is 13.9. The van der Waals surface area contributed by atoms with Crippen LogP contribution in [0.1, 0.15) is 42.8 Å². The highest BCUT2D eigenvalue weighted by Gasteiger charge is 2.25. The molecule has 2 amide bonds. The molecule has 0 aliphatic carbocycles. The third-order valence-electron chi connectivity index (χ3n) is 5.60. The molecule has 2 heterocycles. The molecule has 3 rings (SSSR count). The van der Waals surface area contributed by atoms with Crippen molar-refractivity contribution >= 4 is 17.5 Å². The molecule has 1 aromatic heterocycles. The Kier molecular flexibility index (Phi) is 7.98. The monoisotopic (exact) mass is 427 g/mol. The van der Waals surface area contributed by atoms with Gasteiger partial charge < -0.3 is 23.9 Å². The molecule has 1 aliphatic rings. The molecule has 1 saturated heterocycles. The van der Waals surface area contributed by atoms with Crippen LogP contribution in [0, 0.1) is 6.92 Å². The van der Waals surface area contributed by atoms with Crippen LogP contribution in [0.3, 0.4) is 0 Å². The number of ether oxygens (including phenoxy) is 1. The van der Waals surface area contributed by atoms with Gasteiger partial charge in [0.1, 0.15) is 11.5 Å². The summed E-state index contributed by atoms with van der Waals surface area (Å²) < 4.78 is 11.0. The van der Waals surface area contributed by atoms with E-state index in [1.54, 1.807) is 17.9 Å². The summed E-state index contributed by atoms with van der Waals surface area (Å²) in [5, 5.41) is 0. The van der Waals surface area contributed by atoms with Crippen LogP contribution in [0.5, 0.6) is 5.75 Å². The SMILES string of the molecule is CCCN(CCC(=O)N1CCN(c2ccccc2OCC)CC1)C(=O)c1ccoc1C. The minimum atomic E-state index is -0.0711. The fourth-order valence-corrected chi connectivity index (χ4v) is 3.94. The van der Waals surface area contributed by atoms with E-state index in [2.05, 4.69) is 11.0 Å². The first kappa shape index (κ1) is 22.7. The van der Waals surface area contributed by atoms with Gasteiger partial charge in [-0.2, -0.15) is 0 Å². The molecule has 31 heavy (non-hydrogen) atoms. The molecular weight excluding hydrogens is 394 g/mol. The summed E-state index contributed by atoms with van der Waals surface area (Å²) in [6.45, 7) is 10.3. The summed E-state index contributed by atoms with van der Waals surface area (Å²) in [6.07, 6.45) is 2.70. The zero-order valence-electron chi connectivity index (χ0n) is 18.8. The number of rotatable bonds is 9. The maximum atomic E-state index is 12.8. The first-order valence-corrected chi connectivity index (χ1v) is 11.1. The van der Waals surface area contributed by atoms with E-state index in [9.17, 15) is 9.59 Å². The Labute approximate surface area is 184 Å². The third-order valence-corrected chi connectivity index (χ3v) is 5.60. The number of carbonyl (C=O) groups is 2. The minimum absolute atomic E-state index is 0.0711. The van der Waals surface area contributed by atoms with E-state index in [0.29, 0.717) is 50.5 Å². The van der Waals surface area contributed by atoms with E-state index in [0.717, 1.165) is 30.9 Å². The van der Waals surface area contributed by atoms with Crippen LogP contribution in [0.15, 0.2) is 41.0 Å². The largest absolute Gasteiger partial charge is 0.492 e. The van der Waals surface area contributed by atoms with Crippen molar-refractivity contribution in [1.82, 2.24) is 9.80 Å². The second kappa shape index (κ2) is 10.9. The smallest absolute Gasteiger partial charge is 0.257 e. The highest BCUT2D eigenvalue weighted by molar-refractivity contribution is 5.95. The Morgan fingerprint density at radius 3 is 2.45 bits per heavy atom. The summed E-state index contributed by atoms with van der Waals surface area (Å²) in [4.78, 5) is 31.6. The summed E-state index contributed by atoms with van der Waals surface area (Å²) in [6, 6.07) is 9.73. The maximum absolute atomic E-state index is 12.8. The van der Waals surface area contributed by atoms with Gasteiger partial charge in [0, 0.05) is 45.7 Å². The lowest BCUT2D eigenvalue weighted by Crippen LogP contribution is -2.49. The van der Waals surface area contributed by atoms with Crippen LogP contribution < -0.4 is 9.64 Å². The molecule has 7 heteroatoms. The molecule has 0 unspecified atom stereocenters. The van der Waals surface area contributed by atoms with Crippen molar-refractivity contribution in [2.24, 2.45) is 0 Å². The van der Waals surface area contributed by atoms with Gasteiger partial charge in [-0.25, -0.2) is 0 Å². The first-order chi connectivity index (χ1) is 15.0. The number of aryl methyl sites for hydroxylation is 1. The van der Waals surface area contributed by atoms with Crippen molar-refractivity contribution in [2.75, 3.05) is 50.8 Å². The number of amides is 2. The number of piperazine rings is 1. The molecule has 2 aromatic rings. The van der Waals surface area contributed by atoms with Gasteiger partial charge in [-0.1, -0.05) is 19.1 Å². The van der Waals surface area contributed by atoms with Gasteiger partial charge in [-0.15, -0.1) is 0 Å². The van der Waals surface area contributed by atoms with E-state index in [1.807, 2.05) is 36.9 Å². The van der Waals surface area contributed by atoms with Crippen LogP contribution in [0.25, 0.3) is 0 Å². The van der Waals surface area contributed by atoms with E-state index in [4.69, 9.17) is 9.15 Å². The standard InChI is InChI=1S/C24H33N3O4/c1-4-12-27(24(29)20-11-18-31-19(20)3)13-10-23(28)26-16-14-25(15-17-26)21-8-6-7-9-22(21)30-5-2/h6-9,11,18H,4-5,10,12-17H2,1-3H3. The Bertz CT molecular complexity index is 871. The average molecular weight is 428 g/mol.